The Balaban J connectivity index is 1.80. The third-order valence-corrected chi connectivity index (χ3v) is 5.03. The average molecular weight is 406 g/mol. The first kappa shape index (κ1) is 20.7. The van der Waals surface area contributed by atoms with Crippen LogP contribution in [0, 0.1) is 22.9 Å². The zero-order chi connectivity index (χ0) is 21.0. The zero-order valence-electron chi connectivity index (χ0n) is 15.7. The van der Waals surface area contributed by atoms with Crippen LogP contribution in [0.1, 0.15) is 29.6 Å². The maximum absolute atomic E-state index is 14.0. The van der Waals surface area contributed by atoms with Crippen LogP contribution in [0.15, 0.2) is 42.5 Å². The summed E-state index contributed by atoms with van der Waals surface area (Å²) in [7, 11) is 0. The Morgan fingerprint density at radius 3 is 2.34 bits per heavy atom. The van der Waals surface area contributed by atoms with Crippen LogP contribution in [0.5, 0.6) is 5.75 Å². The molecule has 0 radical (unpaired) electrons. The number of carbonyl (C=O) groups is 2. The van der Waals surface area contributed by atoms with E-state index < -0.39 is 40.2 Å². The second kappa shape index (κ2) is 8.55. The van der Waals surface area contributed by atoms with Crippen molar-refractivity contribution < 1.29 is 27.5 Å². The Hall–Kier alpha value is -3.03. The van der Waals surface area contributed by atoms with Gasteiger partial charge in [0.25, 0.3) is 5.91 Å². The molecule has 29 heavy (non-hydrogen) atoms. The molecule has 0 bridgehead atoms. The van der Waals surface area contributed by atoms with Crippen LogP contribution < -0.4 is 10.5 Å². The first-order valence-corrected chi connectivity index (χ1v) is 9.20. The smallest absolute Gasteiger partial charge is 0.259 e. The topological polar surface area (TPSA) is 72.6 Å². The van der Waals surface area contributed by atoms with Gasteiger partial charge in [0.15, 0.2) is 0 Å². The van der Waals surface area contributed by atoms with Crippen molar-refractivity contribution in [1.29, 1.82) is 0 Å². The van der Waals surface area contributed by atoms with Crippen molar-refractivity contribution in [3.05, 3.63) is 65.5 Å². The summed E-state index contributed by atoms with van der Waals surface area (Å²) in [5, 5.41) is 0. The zero-order valence-corrected chi connectivity index (χ0v) is 15.7. The third kappa shape index (κ3) is 4.88. The number of primary amides is 1. The van der Waals surface area contributed by atoms with Gasteiger partial charge in [0.05, 0.1) is 6.61 Å². The molecular formula is C21H21F3N2O3. The molecule has 2 amide bonds. The molecule has 1 saturated heterocycles. The van der Waals surface area contributed by atoms with Gasteiger partial charge in [-0.1, -0.05) is 6.07 Å². The Morgan fingerprint density at radius 2 is 1.72 bits per heavy atom. The minimum Gasteiger partial charge on any atom is -0.493 e. The van der Waals surface area contributed by atoms with Gasteiger partial charge in [0.1, 0.15) is 28.8 Å². The SMILES string of the molecule is NC(=O)C[C@@]1(COc2ccc(F)cc2)CCCN(C(=O)c2c(F)cccc2F)C1. The summed E-state index contributed by atoms with van der Waals surface area (Å²) in [6, 6.07) is 8.62. The summed E-state index contributed by atoms with van der Waals surface area (Å²) < 4.78 is 46.9. The van der Waals surface area contributed by atoms with E-state index in [1.54, 1.807) is 0 Å². The van der Waals surface area contributed by atoms with E-state index in [2.05, 4.69) is 0 Å². The minimum absolute atomic E-state index is 0.0467. The summed E-state index contributed by atoms with van der Waals surface area (Å²) in [6.45, 7) is 0.401. The highest BCUT2D eigenvalue weighted by atomic mass is 19.1. The van der Waals surface area contributed by atoms with Gasteiger partial charge in [-0.3, -0.25) is 9.59 Å². The van der Waals surface area contributed by atoms with E-state index in [-0.39, 0.29) is 19.6 Å². The number of ether oxygens (including phenoxy) is 1. The number of piperidine rings is 1. The van der Waals surface area contributed by atoms with Crippen LogP contribution in [-0.2, 0) is 4.79 Å². The Morgan fingerprint density at radius 1 is 1.07 bits per heavy atom. The fraction of sp³-hybridized carbons (Fsp3) is 0.333. The van der Waals surface area contributed by atoms with Gasteiger partial charge in [0.2, 0.25) is 5.91 Å². The molecule has 1 fully saturated rings. The number of nitrogens with zero attached hydrogens (tertiary/aromatic N) is 1. The lowest BCUT2D eigenvalue weighted by atomic mass is 9.77. The van der Waals surface area contributed by atoms with E-state index in [4.69, 9.17) is 10.5 Å². The van der Waals surface area contributed by atoms with Crippen LogP contribution in [0.3, 0.4) is 0 Å². The van der Waals surface area contributed by atoms with Gasteiger partial charge in [-0.25, -0.2) is 13.2 Å². The van der Waals surface area contributed by atoms with Gasteiger partial charge in [0, 0.05) is 24.9 Å². The van der Waals surface area contributed by atoms with E-state index in [0.717, 1.165) is 12.1 Å². The second-order valence-corrected chi connectivity index (χ2v) is 7.31. The molecule has 1 atom stereocenters. The molecule has 8 heteroatoms. The highest BCUT2D eigenvalue weighted by Gasteiger charge is 2.40. The normalized spacial score (nSPS) is 19.1. The van der Waals surface area contributed by atoms with Gasteiger partial charge in [-0.15, -0.1) is 0 Å². The number of hydrogen-bond acceptors (Lipinski definition) is 3. The van der Waals surface area contributed by atoms with E-state index in [0.29, 0.717) is 25.1 Å². The van der Waals surface area contributed by atoms with Crippen LogP contribution >= 0.6 is 0 Å². The van der Waals surface area contributed by atoms with Crippen LogP contribution in [0.25, 0.3) is 0 Å². The average Bonchev–Trinajstić information content (AvgIpc) is 2.67. The molecule has 0 saturated carbocycles. The van der Waals surface area contributed by atoms with Crippen LogP contribution in [-0.4, -0.2) is 36.4 Å². The van der Waals surface area contributed by atoms with Crippen molar-refractivity contribution in [2.24, 2.45) is 11.1 Å². The molecule has 154 valence electrons. The Labute approximate surface area is 166 Å². The van der Waals surface area contributed by atoms with Gasteiger partial charge in [-0.05, 0) is 49.2 Å². The van der Waals surface area contributed by atoms with E-state index >= 15 is 0 Å². The summed E-state index contributed by atoms with van der Waals surface area (Å²) in [5.41, 5.74) is 3.98. The lowest BCUT2D eigenvalue weighted by molar-refractivity contribution is -0.122. The lowest BCUT2D eigenvalue weighted by Crippen LogP contribution is -2.50. The maximum Gasteiger partial charge on any atom is 0.259 e. The molecule has 1 heterocycles. The summed E-state index contributed by atoms with van der Waals surface area (Å²) >= 11 is 0. The predicted octanol–water partition coefficient (Wildman–Crippen LogP) is 3.28. The number of amides is 2. The molecule has 2 aromatic carbocycles. The largest absolute Gasteiger partial charge is 0.493 e. The lowest BCUT2D eigenvalue weighted by Gasteiger charge is -2.42. The molecule has 2 N–H and O–H groups in total. The molecular weight excluding hydrogens is 385 g/mol. The first-order valence-electron chi connectivity index (χ1n) is 9.20. The summed E-state index contributed by atoms with van der Waals surface area (Å²) in [4.78, 5) is 25.8. The van der Waals surface area contributed by atoms with Gasteiger partial charge in [-0.2, -0.15) is 0 Å². The van der Waals surface area contributed by atoms with Crippen molar-refractivity contribution in [1.82, 2.24) is 4.90 Å². The highest BCUT2D eigenvalue weighted by Crippen LogP contribution is 2.35. The molecule has 2 aromatic rings. The van der Waals surface area contributed by atoms with E-state index in [9.17, 15) is 22.8 Å². The fourth-order valence-electron chi connectivity index (χ4n) is 3.69. The number of likely N-dealkylation sites (tertiary alicyclic amines) is 1. The molecule has 0 unspecified atom stereocenters. The Bertz CT molecular complexity index is 884. The minimum atomic E-state index is -0.941. The van der Waals surface area contributed by atoms with Crippen molar-refractivity contribution in [2.45, 2.75) is 19.3 Å². The number of hydrogen-bond donors (Lipinski definition) is 1. The number of benzene rings is 2. The maximum atomic E-state index is 14.0. The number of carbonyl (C=O) groups excluding carboxylic acids is 2. The van der Waals surface area contributed by atoms with Crippen molar-refractivity contribution in [3.8, 4) is 5.75 Å². The number of halogens is 3. The number of nitrogens with two attached hydrogens (primary N) is 1. The molecule has 0 spiro atoms. The highest BCUT2D eigenvalue weighted by molar-refractivity contribution is 5.95. The monoisotopic (exact) mass is 406 g/mol. The quantitative estimate of drug-likeness (QED) is 0.800. The van der Waals surface area contributed by atoms with Crippen LogP contribution in [0.4, 0.5) is 13.2 Å². The van der Waals surface area contributed by atoms with Crippen LogP contribution in [0.2, 0.25) is 0 Å². The van der Waals surface area contributed by atoms with E-state index in [1.807, 2.05) is 0 Å². The van der Waals surface area contributed by atoms with E-state index in [1.165, 1.54) is 35.2 Å². The molecule has 0 aromatic heterocycles. The Kier molecular flexibility index (Phi) is 6.10. The first-order chi connectivity index (χ1) is 13.8. The van der Waals surface area contributed by atoms with Crippen molar-refractivity contribution >= 4 is 11.8 Å². The predicted molar refractivity (Wildman–Crippen MR) is 99.6 cm³/mol. The number of rotatable bonds is 6. The molecule has 0 aliphatic carbocycles. The van der Waals surface area contributed by atoms with Gasteiger partial charge >= 0.3 is 0 Å². The fourth-order valence-corrected chi connectivity index (χ4v) is 3.69. The summed E-state index contributed by atoms with van der Waals surface area (Å²) in [5.74, 6) is -3.24. The molecule has 3 rings (SSSR count). The van der Waals surface area contributed by atoms with Crippen molar-refractivity contribution in [2.75, 3.05) is 19.7 Å². The second-order valence-electron chi connectivity index (χ2n) is 7.31. The molecule has 5 nitrogen and oxygen atoms in total. The molecule has 1 aliphatic rings. The molecule has 1 aliphatic heterocycles. The third-order valence-electron chi connectivity index (χ3n) is 5.03. The van der Waals surface area contributed by atoms with Gasteiger partial charge < -0.3 is 15.4 Å². The summed E-state index contributed by atoms with van der Waals surface area (Å²) in [6.07, 6.45) is 1.00. The standard InChI is InChI=1S/C21H21F3N2O3/c22-14-5-7-15(8-6-14)29-13-21(11-18(25)27)9-2-10-26(12-21)20(28)19-16(23)3-1-4-17(19)24/h1,3-8H,2,9-13H2,(H2,25,27)/t21-/m0/s1. The van der Waals surface area contributed by atoms with Crippen molar-refractivity contribution in [3.63, 3.8) is 0 Å².